The molecule has 0 aromatic carbocycles. The molecule has 0 aromatic heterocycles. The van der Waals surface area contributed by atoms with Crippen molar-refractivity contribution >= 4 is 6.09 Å². The third-order valence-electron chi connectivity index (χ3n) is 2.27. The number of amides is 1. The van der Waals surface area contributed by atoms with Crippen LogP contribution in [0.5, 0.6) is 0 Å². The lowest BCUT2D eigenvalue weighted by molar-refractivity contribution is -0.0645. The van der Waals surface area contributed by atoms with E-state index < -0.39 is 24.7 Å². The Labute approximate surface area is 99.7 Å². The summed E-state index contributed by atoms with van der Waals surface area (Å²) in [7, 11) is 0. The highest BCUT2D eigenvalue weighted by atomic mass is 19.3. The van der Waals surface area contributed by atoms with E-state index in [0.717, 1.165) is 0 Å². The normalized spacial score (nSPS) is 24.4. The van der Waals surface area contributed by atoms with Crippen LogP contribution in [-0.2, 0) is 9.47 Å². The predicted octanol–water partition coefficient (Wildman–Crippen LogP) is 2.32. The van der Waals surface area contributed by atoms with E-state index in [-0.39, 0.29) is 12.1 Å². The number of carbonyl (C=O) groups is 1. The van der Waals surface area contributed by atoms with Gasteiger partial charge in [0, 0.05) is 6.04 Å². The molecular formula is C11H19F2NO3. The second-order valence-electron chi connectivity index (χ2n) is 5.16. The van der Waals surface area contributed by atoms with Crippen molar-refractivity contribution in [2.45, 2.75) is 57.8 Å². The fourth-order valence-corrected chi connectivity index (χ4v) is 1.50. The molecule has 1 fully saturated rings. The van der Waals surface area contributed by atoms with Crippen LogP contribution in [0.2, 0.25) is 0 Å². The van der Waals surface area contributed by atoms with E-state index in [4.69, 9.17) is 9.47 Å². The minimum absolute atomic E-state index is 0.0347. The third kappa shape index (κ3) is 5.81. The molecule has 0 radical (unpaired) electrons. The van der Waals surface area contributed by atoms with E-state index in [2.05, 4.69) is 5.32 Å². The Kier molecular flexibility index (Phi) is 4.68. The number of hydrogen-bond donors (Lipinski definition) is 1. The zero-order valence-electron chi connectivity index (χ0n) is 10.3. The van der Waals surface area contributed by atoms with Crippen molar-refractivity contribution < 1.29 is 23.0 Å². The Balaban J connectivity index is 2.11. The van der Waals surface area contributed by atoms with Crippen molar-refractivity contribution in [3.63, 3.8) is 0 Å². The number of alkyl halides is 2. The average Bonchev–Trinajstić information content (AvgIpc) is 2.04. The van der Waals surface area contributed by atoms with Crippen molar-refractivity contribution in [3.05, 3.63) is 0 Å². The van der Waals surface area contributed by atoms with Gasteiger partial charge in [0.25, 0.3) is 6.43 Å². The third-order valence-corrected chi connectivity index (χ3v) is 2.27. The van der Waals surface area contributed by atoms with Crippen LogP contribution in [0, 0.1) is 0 Å². The van der Waals surface area contributed by atoms with Crippen LogP contribution in [-0.4, -0.2) is 36.9 Å². The standard InChI is InChI=1S/C11H19F2NO3/c1-11(2,3)17-10(15)14-7-4-8(5-7)16-6-9(12)13/h7-9H,4-6H2,1-3H3,(H,14,15). The van der Waals surface area contributed by atoms with E-state index in [1.165, 1.54) is 0 Å². The lowest BCUT2D eigenvalue weighted by Crippen LogP contribution is -2.49. The predicted molar refractivity (Wildman–Crippen MR) is 58.1 cm³/mol. The molecule has 0 aliphatic heterocycles. The summed E-state index contributed by atoms with van der Waals surface area (Å²) in [6.45, 7) is 4.80. The topological polar surface area (TPSA) is 47.6 Å². The molecule has 0 saturated heterocycles. The van der Waals surface area contributed by atoms with Crippen LogP contribution in [0.4, 0.5) is 13.6 Å². The first-order valence-corrected chi connectivity index (χ1v) is 5.65. The van der Waals surface area contributed by atoms with Gasteiger partial charge < -0.3 is 14.8 Å². The SMILES string of the molecule is CC(C)(C)OC(=O)NC1CC(OCC(F)F)C1. The van der Waals surface area contributed by atoms with Crippen LogP contribution < -0.4 is 5.32 Å². The molecule has 0 atom stereocenters. The Morgan fingerprint density at radius 3 is 2.47 bits per heavy atom. The van der Waals surface area contributed by atoms with Crippen LogP contribution in [0.25, 0.3) is 0 Å². The lowest BCUT2D eigenvalue weighted by atomic mass is 9.89. The van der Waals surface area contributed by atoms with Gasteiger partial charge in [0.2, 0.25) is 0 Å². The van der Waals surface area contributed by atoms with Crippen molar-refractivity contribution in [2.75, 3.05) is 6.61 Å². The molecule has 6 heteroatoms. The van der Waals surface area contributed by atoms with Gasteiger partial charge in [-0.3, -0.25) is 0 Å². The summed E-state index contributed by atoms with van der Waals surface area (Å²) in [5, 5.41) is 2.66. The quantitative estimate of drug-likeness (QED) is 0.834. The highest BCUT2D eigenvalue weighted by Gasteiger charge is 2.32. The number of ether oxygens (including phenoxy) is 2. The summed E-state index contributed by atoms with van der Waals surface area (Å²) in [6, 6.07) is -0.0347. The maximum atomic E-state index is 11.8. The zero-order chi connectivity index (χ0) is 13.1. The van der Waals surface area contributed by atoms with Gasteiger partial charge in [-0.05, 0) is 33.6 Å². The molecule has 1 rings (SSSR count). The summed E-state index contributed by atoms with van der Waals surface area (Å²) < 4.78 is 33.6. The molecule has 17 heavy (non-hydrogen) atoms. The molecule has 0 unspecified atom stereocenters. The molecule has 0 spiro atoms. The molecular weight excluding hydrogens is 232 g/mol. The van der Waals surface area contributed by atoms with Gasteiger partial charge in [-0.2, -0.15) is 0 Å². The summed E-state index contributed by atoms with van der Waals surface area (Å²) in [4.78, 5) is 11.3. The Morgan fingerprint density at radius 2 is 2.00 bits per heavy atom. The van der Waals surface area contributed by atoms with Gasteiger partial charge in [-0.1, -0.05) is 0 Å². The average molecular weight is 251 g/mol. The van der Waals surface area contributed by atoms with Gasteiger partial charge in [0.1, 0.15) is 12.2 Å². The molecule has 0 bridgehead atoms. The van der Waals surface area contributed by atoms with E-state index in [9.17, 15) is 13.6 Å². The minimum atomic E-state index is -2.44. The number of rotatable bonds is 4. The minimum Gasteiger partial charge on any atom is -0.444 e. The zero-order valence-corrected chi connectivity index (χ0v) is 10.3. The fourth-order valence-electron chi connectivity index (χ4n) is 1.50. The second kappa shape index (κ2) is 5.62. The highest BCUT2D eigenvalue weighted by molar-refractivity contribution is 5.68. The first-order valence-electron chi connectivity index (χ1n) is 5.65. The monoisotopic (exact) mass is 251 g/mol. The van der Waals surface area contributed by atoms with Crippen molar-refractivity contribution in [1.82, 2.24) is 5.32 Å². The van der Waals surface area contributed by atoms with Gasteiger partial charge in [-0.15, -0.1) is 0 Å². The van der Waals surface area contributed by atoms with Crippen LogP contribution in [0.15, 0.2) is 0 Å². The molecule has 0 heterocycles. The van der Waals surface area contributed by atoms with Crippen molar-refractivity contribution in [2.24, 2.45) is 0 Å². The summed E-state index contributed by atoms with van der Waals surface area (Å²) in [5.41, 5.74) is -0.528. The highest BCUT2D eigenvalue weighted by Crippen LogP contribution is 2.24. The Morgan fingerprint density at radius 1 is 1.41 bits per heavy atom. The number of nitrogens with one attached hydrogen (secondary N) is 1. The lowest BCUT2D eigenvalue weighted by Gasteiger charge is -2.35. The molecule has 100 valence electrons. The first-order chi connectivity index (χ1) is 7.76. The number of halogens is 2. The van der Waals surface area contributed by atoms with Crippen LogP contribution >= 0.6 is 0 Å². The number of hydrogen-bond acceptors (Lipinski definition) is 3. The molecule has 0 aromatic rings. The van der Waals surface area contributed by atoms with E-state index in [1.807, 2.05) is 0 Å². The molecule has 1 aliphatic rings. The molecule has 1 aliphatic carbocycles. The Bertz CT molecular complexity index is 260. The Hall–Kier alpha value is -0.910. The summed E-state index contributed by atoms with van der Waals surface area (Å²) >= 11 is 0. The number of alkyl carbamates (subject to hydrolysis) is 1. The molecule has 4 nitrogen and oxygen atoms in total. The largest absolute Gasteiger partial charge is 0.444 e. The van der Waals surface area contributed by atoms with E-state index >= 15 is 0 Å². The second-order valence-corrected chi connectivity index (χ2v) is 5.16. The smallest absolute Gasteiger partial charge is 0.407 e. The summed E-state index contributed by atoms with van der Waals surface area (Å²) in [6.07, 6.45) is -1.97. The molecule has 1 saturated carbocycles. The maximum Gasteiger partial charge on any atom is 0.407 e. The van der Waals surface area contributed by atoms with E-state index in [0.29, 0.717) is 12.8 Å². The van der Waals surface area contributed by atoms with Crippen LogP contribution in [0.1, 0.15) is 33.6 Å². The van der Waals surface area contributed by atoms with Crippen molar-refractivity contribution in [1.29, 1.82) is 0 Å². The number of carbonyl (C=O) groups excluding carboxylic acids is 1. The van der Waals surface area contributed by atoms with Crippen molar-refractivity contribution in [3.8, 4) is 0 Å². The summed E-state index contributed by atoms with van der Waals surface area (Å²) in [5.74, 6) is 0. The maximum absolute atomic E-state index is 11.8. The molecule has 1 N–H and O–H groups in total. The van der Waals surface area contributed by atoms with Crippen LogP contribution in [0.3, 0.4) is 0 Å². The van der Waals surface area contributed by atoms with E-state index in [1.54, 1.807) is 20.8 Å². The first kappa shape index (κ1) is 14.2. The molecule has 1 amide bonds. The van der Waals surface area contributed by atoms with Gasteiger partial charge in [-0.25, -0.2) is 13.6 Å². The van der Waals surface area contributed by atoms with Gasteiger partial charge in [0.05, 0.1) is 6.10 Å². The van der Waals surface area contributed by atoms with Gasteiger partial charge in [0.15, 0.2) is 0 Å². The fraction of sp³-hybridized carbons (Fsp3) is 0.909. The van der Waals surface area contributed by atoms with Gasteiger partial charge >= 0.3 is 6.09 Å².